The number of halogens is 2. The molecule has 0 saturated heterocycles. The van der Waals surface area contributed by atoms with Gasteiger partial charge in [0.1, 0.15) is 29.7 Å². The van der Waals surface area contributed by atoms with E-state index >= 15 is 0 Å². The molecule has 2 bridgehead atoms. The molecule has 192 valence electrons. The highest BCUT2D eigenvalue weighted by Gasteiger charge is 2.43. The van der Waals surface area contributed by atoms with E-state index in [4.69, 9.17) is 10.5 Å². The Balaban J connectivity index is 1.23. The Morgan fingerprint density at radius 3 is 2.45 bits per heavy atom. The maximum absolute atomic E-state index is 14.4. The Bertz CT molecular complexity index is 1600. The number of pyridine rings is 1. The number of amides is 1. The van der Waals surface area contributed by atoms with Gasteiger partial charge in [-0.05, 0) is 88.7 Å². The number of carbonyl (C=O) groups is 1. The standard InChI is InChI=1S/C31H27F2N3O2/c1-3-4-17-13-28(34)36-16(2)26(17)15-35-31(37)19-6-9-23-25(12-19)30-22-8-5-18(11-24(22)29(23)38-30)21-10-7-20(32)14-27(21)33/h5-14,29-30H,3-4,15H2,1-2H3,(H2,34,36)(H,35,37)/t29-,30-/m1/s1. The van der Waals surface area contributed by atoms with Crippen LogP contribution in [0.15, 0.2) is 60.7 Å². The van der Waals surface area contributed by atoms with Crippen LogP contribution in [0.1, 0.15) is 75.0 Å². The predicted molar refractivity (Wildman–Crippen MR) is 142 cm³/mol. The molecule has 0 saturated carbocycles. The third kappa shape index (κ3) is 4.03. The lowest BCUT2D eigenvalue weighted by molar-refractivity contribution is 0.0857. The van der Waals surface area contributed by atoms with Gasteiger partial charge in [-0.1, -0.05) is 31.5 Å². The first kappa shape index (κ1) is 24.2. The first-order valence-corrected chi connectivity index (χ1v) is 12.8. The van der Waals surface area contributed by atoms with Gasteiger partial charge in [-0.2, -0.15) is 0 Å². The van der Waals surface area contributed by atoms with Crippen molar-refractivity contribution in [2.75, 3.05) is 5.73 Å². The van der Waals surface area contributed by atoms with Gasteiger partial charge in [0, 0.05) is 29.4 Å². The second kappa shape index (κ2) is 9.33. The molecule has 3 heterocycles. The summed E-state index contributed by atoms with van der Waals surface area (Å²) in [6.07, 6.45) is 1.27. The van der Waals surface area contributed by atoms with Crippen molar-refractivity contribution in [1.82, 2.24) is 10.3 Å². The number of nitrogens with one attached hydrogen (secondary N) is 1. The molecule has 2 atom stereocenters. The van der Waals surface area contributed by atoms with Crippen molar-refractivity contribution in [2.24, 2.45) is 0 Å². The number of nitrogens with two attached hydrogens (primary N) is 1. The van der Waals surface area contributed by atoms with Crippen LogP contribution in [0.2, 0.25) is 0 Å². The lowest BCUT2D eigenvalue weighted by atomic mass is 9.83. The summed E-state index contributed by atoms with van der Waals surface area (Å²) in [4.78, 5) is 17.5. The molecule has 3 N–H and O–H groups in total. The molecule has 0 spiro atoms. The van der Waals surface area contributed by atoms with E-state index in [1.807, 2.05) is 49.4 Å². The van der Waals surface area contributed by atoms with Crippen LogP contribution in [0.4, 0.5) is 14.6 Å². The molecule has 7 heteroatoms. The molecule has 3 aromatic carbocycles. The third-order valence-corrected chi connectivity index (χ3v) is 7.47. The summed E-state index contributed by atoms with van der Waals surface area (Å²) in [7, 11) is 0. The van der Waals surface area contributed by atoms with Crippen LogP contribution in [-0.4, -0.2) is 10.9 Å². The number of nitrogens with zero attached hydrogens (tertiary/aromatic N) is 1. The Morgan fingerprint density at radius 1 is 0.974 bits per heavy atom. The lowest BCUT2D eigenvalue weighted by Gasteiger charge is -2.18. The number of hydrogen-bond acceptors (Lipinski definition) is 4. The second-order valence-electron chi connectivity index (χ2n) is 9.91. The highest BCUT2D eigenvalue weighted by Crippen LogP contribution is 2.54. The van der Waals surface area contributed by atoms with E-state index in [2.05, 4.69) is 17.2 Å². The molecular formula is C31H27F2N3O2. The SMILES string of the molecule is CCCc1cc(N)nc(C)c1CNC(=O)c1ccc2c(c1)[C@@H]1O[C@H]2c2cc(-c3ccc(F)cc3F)ccc21. The summed E-state index contributed by atoms with van der Waals surface area (Å²) in [5.74, 6) is -0.886. The maximum Gasteiger partial charge on any atom is 0.251 e. The largest absolute Gasteiger partial charge is 0.384 e. The van der Waals surface area contributed by atoms with Gasteiger partial charge < -0.3 is 15.8 Å². The van der Waals surface area contributed by atoms with Crippen molar-refractivity contribution in [3.63, 3.8) is 0 Å². The van der Waals surface area contributed by atoms with Gasteiger partial charge in [0.2, 0.25) is 0 Å². The summed E-state index contributed by atoms with van der Waals surface area (Å²) in [6.45, 7) is 4.39. The van der Waals surface area contributed by atoms with Gasteiger partial charge in [-0.15, -0.1) is 0 Å². The topological polar surface area (TPSA) is 77.2 Å². The van der Waals surface area contributed by atoms with Gasteiger partial charge in [-0.3, -0.25) is 4.79 Å². The number of carbonyl (C=O) groups excluding carboxylic acids is 1. The fourth-order valence-electron chi connectivity index (χ4n) is 5.67. The number of anilines is 1. The van der Waals surface area contributed by atoms with E-state index in [9.17, 15) is 13.6 Å². The monoisotopic (exact) mass is 511 g/mol. The number of fused-ring (bicyclic) bond motifs is 8. The number of aryl methyl sites for hydroxylation is 2. The summed E-state index contributed by atoms with van der Waals surface area (Å²) >= 11 is 0. The number of hydrogen-bond donors (Lipinski definition) is 2. The molecule has 0 fully saturated rings. The van der Waals surface area contributed by atoms with Crippen LogP contribution in [0, 0.1) is 18.6 Å². The molecule has 1 aromatic heterocycles. The minimum absolute atomic E-state index is 0.170. The first-order chi connectivity index (χ1) is 18.3. The second-order valence-corrected chi connectivity index (χ2v) is 9.91. The predicted octanol–water partition coefficient (Wildman–Crippen LogP) is 6.32. The summed E-state index contributed by atoms with van der Waals surface area (Å²) < 4.78 is 34.0. The van der Waals surface area contributed by atoms with E-state index in [-0.39, 0.29) is 18.1 Å². The molecule has 38 heavy (non-hydrogen) atoms. The van der Waals surface area contributed by atoms with E-state index in [1.165, 1.54) is 12.1 Å². The Hall–Kier alpha value is -4.10. The zero-order chi connectivity index (χ0) is 26.6. The maximum atomic E-state index is 14.4. The Morgan fingerprint density at radius 2 is 1.71 bits per heavy atom. The smallest absolute Gasteiger partial charge is 0.251 e. The molecule has 2 aliphatic rings. The lowest BCUT2D eigenvalue weighted by Crippen LogP contribution is -2.24. The molecule has 0 radical (unpaired) electrons. The molecule has 0 aliphatic carbocycles. The number of nitrogen functional groups attached to an aromatic ring is 1. The zero-order valence-corrected chi connectivity index (χ0v) is 21.1. The van der Waals surface area contributed by atoms with Crippen molar-refractivity contribution in [3.05, 3.63) is 117 Å². The van der Waals surface area contributed by atoms with Crippen molar-refractivity contribution >= 4 is 11.7 Å². The van der Waals surface area contributed by atoms with Gasteiger partial charge in [0.05, 0.1) is 0 Å². The summed E-state index contributed by atoms with van der Waals surface area (Å²) in [5, 5.41) is 3.04. The zero-order valence-electron chi connectivity index (χ0n) is 21.1. The van der Waals surface area contributed by atoms with Crippen LogP contribution in [0.25, 0.3) is 11.1 Å². The van der Waals surface area contributed by atoms with Crippen molar-refractivity contribution < 1.29 is 18.3 Å². The molecular weight excluding hydrogens is 484 g/mol. The molecule has 2 aliphatic heterocycles. The van der Waals surface area contributed by atoms with Crippen LogP contribution < -0.4 is 11.1 Å². The van der Waals surface area contributed by atoms with E-state index in [1.54, 1.807) is 0 Å². The summed E-state index contributed by atoms with van der Waals surface area (Å²) in [6, 6.07) is 16.8. The molecule has 0 unspecified atom stereocenters. The quantitative estimate of drug-likeness (QED) is 0.318. The number of rotatable bonds is 6. The Labute approximate surface area is 219 Å². The fraction of sp³-hybridized carbons (Fsp3) is 0.226. The average molecular weight is 512 g/mol. The van der Waals surface area contributed by atoms with E-state index in [0.717, 1.165) is 58.0 Å². The van der Waals surface area contributed by atoms with E-state index < -0.39 is 11.6 Å². The minimum atomic E-state index is -0.606. The average Bonchev–Trinajstić information content (AvgIpc) is 3.45. The summed E-state index contributed by atoms with van der Waals surface area (Å²) in [5.41, 5.74) is 14.4. The third-order valence-electron chi connectivity index (χ3n) is 7.47. The number of ether oxygens (including phenoxy) is 1. The first-order valence-electron chi connectivity index (χ1n) is 12.8. The van der Waals surface area contributed by atoms with Crippen LogP contribution in [-0.2, 0) is 17.7 Å². The van der Waals surface area contributed by atoms with Gasteiger partial charge in [0.15, 0.2) is 0 Å². The molecule has 5 nitrogen and oxygen atoms in total. The van der Waals surface area contributed by atoms with Crippen LogP contribution >= 0.6 is 0 Å². The van der Waals surface area contributed by atoms with Gasteiger partial charge in [-0.25, -0.2) is 13.8 Å². The molecule has 1 amide bonds. The fourth-order valence-corrected chi connectivity index (χ4v) is 5.67. The number of benzene rings is 3. The highest BCUT2D eigenvalue weighted by atomic mass is 19.1. The van der Waals surface area contributed by atoms with Crippen LogP contribution in [0.3, 0.4) is 0 Å². The van der Waals surface area contributed by atoms with E-state index in [0.29, 0.717) is 29.1 Å². The number of aromatic nitrogens is 1. The van der Waals surface area contributed by atoms with Gasteiger partial charge >= 0.3 is 0 Å². The highest BCUT2D eigenvalue weighted by molar-refractivity contribution is 5.94. The van der Waals surface area contributed by atoms with Gasteiger partial charge in [0.25, 0.3) is 5.91 Å². The molecule has 4 aromatic rings. The van der Waals surface area contributed by atoms with Crippen LogP contribution in [0.5, 0.6) is 0 Å². The normalized spacial score (nSPS) is 16.8. The van der Waals surface area contributed by atoms with Crippen molar-refractivity contribution in [1.29, 1.82) is 0 Å². The molecule has 6 rings (SSSR count). The Kier molecular flexibility index (Phi) is 5.95. The minimum Gasteiger partial charge on any atom is -0.384 e. The van der Waals surface area contributed by atoms with Crippen molar-refractivity contribution in [3.8, 4) is 11.1 Å². The van der Waals surface area contributed by atoms with Crippen molar-refractivity contribution in [2.45, 2.75) is 45.4 Å².